The van der Waals surface area contributed by atoms with E-state index in [-0.39, 0.29) is 5.95 Å². The van der Waals surface area contributed by atoms with Crippen LogP contribution in [-0.4, -0.2) is 19.6 Å². The molecule has 4 rings (SSSR count). The van der Waals surface area contributed by atoms with Crippen LogP contribution < -0.4 is 11.5 Å². The van der Waals surface area contributed by atoms with E-state index in [2.05, 4.69) is 10.1 Å². The Morgan fingerprint density at radius 3 is 2.68 bits per heavy atom. The van der Waals surface area contributed by atoms with Crippen LogP contribution in [0.25, 0.3) is 16.6 Å². The number of hydrogen-bond acceptors (Lipinski definition) is 5. The summed E-state index contributed by atoms with van der Waals surface area (Å²) in [6.45, 7) is 0. The molecule has 4 aromatic rings. The Bertz CT molecular complexity index is 988. The summed E-state index contributed by atoms with van der Waals surface area (Å²) in [5.41, 5.74) is 15.0. The number of hydrogen-bond donors (Lipinski definition) is 2. The number of nitrogens with two attached hydrogens (primary N) is 2. The van der Waals surface area contributed by atoms with Gasteiger partial charge in [-0.25, -0.2) is 4.98 Å². The summed E-state index contributed by atoms with van der Waals surface area (Å²) in [6.07, 6.45) is 0.606. The van der Waals surface area contributed by atoms with E-state index in [1.54, 1.807) is 4.52 Å². The van der Waals surface area contributed by atoms with Crippen molar-refractivity contribution >= 4 is 28.2 Å². The van der Waals surface area contributed by atoms with Crippen LogP contribution in [0.3, 0.4) is 0 Å². The third-order valence-corrected chi connectivity index (χ3v) is 3.58. The quantitative estimate of drug-likeness (QED) is 0.551. The maximum atomic E-state index is 5.84. The largest absolute Gasteiger partial charge is 0.399 e. The highest BCUT2D eigenvalue weighted by atomic mass is 15.3. The first-order valence-electron chi connectivity index (χ1n) is 6.95. The van der Waals surface area contributed by atoms with Crippen LogP contribution in [0.1, 0.15) is 11.4 Å². The normalized spacial score (nSPS) is 11.3. The predicted octanol–water partition coefficient (Wildman–Crippen LogP) is 2.03. The molecule has 0 saturated carbocycles. The van der Waals surface area contributed by atoms with Gasteiger partial charge in [0.25, 0.3) is 0 Å². The molecule has 2 aromatic heterocycles. The molecule has 6 heteroatoms. The number of rotatable bonds is 2. The zero-order chi connectivity index (χ0) is 15.1. The highest BCUT2D eigenvalue weighted by Crippen LogP contribution is 2.20. The van der Waals surface area contributed by atoms with Gasteiger partial charge in [0.05, 0.1) is 5.52 Å². The van der Waals surface area contributed by atoms with Crippen molar-refractivity contribution in [3.05, 3.63) is 59.9 Å². The molecule has 6 nitrogen and oxygen atoms in total. The number of anilines is 2. The summed E-state index contributed by atoms with van der Waals surface area (Å²) >= 11 is 0. The molecular weight excluding hydrogens is 276 g/mol. The van der Waals surface area contributed by atoms with Gasteiger partial charge in [-0.05, 0) is 29.8 Å². The van der Waals surface area contributed by atoms with Crippen molar-refractivity contribution in [3.63, 3.8) is 0 Å². The van der Waals surface area contributed by atoms with Crippen molar-refractivity contribution < 1.29 is 0 Å². The Morgan fingerprint density at radius 1 is 0.955 bits per heavy atom. The van der Waals surface area contributed by atoms with E-state index in [9.17, 15) is 0 Å². The van der Waals surface area contributed by atoms with E-state index in [0.717, 1.165) is 33.6 Å². The molecule has 0 aliphatic rings. The standard InChI is InChI=1S/C16H14N6/c17-11-5-3-4-10(8-11)9-14-19-13-7-2-1-6-12(13)15-20-16(18)21-22(14)15/h1-8H,9,17H2,(H2,18,21). The monoisotopic (exact) mass is 290 g/mol. The Hall–Kier alpha value is -3.15. The van der Waals surface area contributed by atoms with E-state index >= 15 is 0 Å². The minimum atomic E-state index is 0.243. The van der Waals surface area contributed by atoms with Gasteiger partial charge in [0.1, 0.15) is 5.82 Å². The Balaban J connectivity index is 1.95. The van der Waals surface area contributed by atoms with Gasteiger partial charge in [0, 0.05) is 17.5 Å². The summed E-state index contributed by atoms with van der Waals surface area (Å²) in [4.78, 5) is 9.03. The van der Waals surface area contributed by atoms with Gasteiger partial charge in [0.2, 0.25) is 5.95 Å². The van der Waals surface area contributed by atoms with Crippen LogP contribution in [0, 0.1) is 0 Å². The molecule has 0 amide bonds. The second-order valence-electron chi connectivity index (χ2n) is 5.17. The van der Waals surface area contributed by atoms with Crippen molar-refractivity contribution in [2.75, 3.05) is 11.5 Å². The maximum Gasteiger partial charge on any atom is 0.240 e. The topological polar surface area (TPSA) is 95.1 Å². The zero-order valence-electron chi connectivity index (χ0n) is 11.8. The van der Waals surface area contributed by atoms with Gasteiger partial charge in [-0.15, -0.1) is 5.10 Å². The fourth-order valence-electron chi connectivity index (χ4n) is 2.63. The molecule has 0 saturated heterocycles. The van der Waals surface area contributed by atoms with E-state index < -0.39 is 0 Å². The second kappa shape index (κ2) is 4.70. The first-order valence-corrected chi connectivity index (χ1v) is 6.95. The van der Waals surface area contributed by atoms with E-state index in [0.29, 0.717) is 6.42 Å². The van der Waals surface area contributed by atoms with Crippen LogP contribution >= 0.6 is 0 Å². The van der Waals surface area contributed by atoms with Gasteiger partial charge in [0.15, 0.2) is 5.65 Å². The van der Waals surface area contributed by atoms with Crippen molar-refractivity contribution in [2.45, 2.75) is 6.42 Å². The number of fused-ring (bicyclic) bond motifs is 3. The smallest absolute Gasteiger partial charge is 0.240 e. The lowest BCUT2D eigenvalue weighted by atomic mass is 10.1. The number of benzene rings is 2. The van der Waals surface area contributed by atoms with Gasteiger partial charge >= 0.3 is 0 Å². The fourth-order valence-corrected chi connectivity index (χ4v) is 2.63. The van der Waals surface area contributed by atoms with E-state index in [1.807, 2.05) is 48.5 Å². The van der Waals surface area contributed by atoms with Crippen LogP contribution in [0.15, 0.2) is 48.5 Å². The van der Waals surface area contributed by atoms with Crippen LogP contribution in [-0.2, 0) is 6.42 Å². The highest BCUT2D eigenvalue weighted by molar-refractivity contribution is 5.91. The SMILES string of the molecule is Nc1cccc(Cc2nc3ccccc3c3nc(N)nn23)c1. The maximum absolute atomic E-state index is 5.84. The highest BCUT2D eigenvalue weighted by Gasteiger charge is 2.12. The molecule has 22 heavy (non-hydrogen) atoms. The number of para-hydroxylation sites is 1. The third-order valence-electron chi connectivity index (χ3n) is 3.58. The molecule has 0 fully saturated rings. The molecule has 0 spiro atoms. The lowest BCUT2D eigenvalue weighted by Gasteiger charge is -2.07. The molecule has 2 heterocycles. The molecule has 2 aromatic carbocycles. The average molecular weight is 290 g/mol. The lowest BCUT2D eigenvalue weighted by molar-refractivity contribution is 0.842. The lowest BCUT2D eigenvalue weighted by Crippen LogP contribution is -2.05. The second-order valence-corrected chi connectivity index (χ2v) is 5.17. The molecule has 0 aliphatic carbocycles. The summed E-state index contributed by atoms with van der Waals surface area (Å²) in [5, 5.41) is 5.20. The van der Waals surface area contributed by atoms with Gasteiger partial charge in [-0.1, -0.05) is 24.3 Å². The van der Waals surface area contributed by atoms with E-state index in [1.165, 1.54) is 0 Å². The third kappa shape index (κ3) is 2.01. The Labute approximate surface area is 126 Å². The van der Waals surface area contributed by atoms with Gasteiger partial charge in [-0.3, -0.25) is 0 Å². The Kier molecular flexibility index (Phi) is 2.69. The number of nitrogens with zero attached hydrogens (tertiary/aromatic N) is 4. The van der Waals surface area contributed by atoms with Crippen molar-refractivity contribution in [1.82, 2.24) is 19.6 Å². The summed E-state index contributed by atoms with van der Waals surface area (Å²) < 4.78 is 1.71. The molecule has 0 aliphatic heterocycles. The Morgan fingerprint density at radius 2 is 1.82 bits per heavy atom. The molecule has 0 unspecified atom stereocenters. The fraction of sp³-hybridized carbons (Fsp3) is 0.0625. The summed E-state index contributed by atoms with van der Waals surface area (Å²) in [6, 6.07) is 15.6. The van der Waals surface area contributed by atoms with Crippen LogP contribution in [0.4, 0.5) is 11.6 Å². The first-order chi connectivity index (χ1) is 10.7. The average Bonchev–Trinajstić information content (AvgIpc) is 2.90. The van der Waals surface area contributed by atoms with Crippen LogP contribution in [0.5, 0.6) is 0 Å². The van der Waals surface area contributed by atoms with Crippen LogP contribution in [0.2, 0.25) is 0 Å². The minimum absolute atomic E-state index is 0.243. The minimum Gasteiger partial charge on any atom is -0.399 e. The molecule has 108 valence electrons. The number of aromatic nitrogens is 4. The van der Waals surface area contributed by atoms with E-state index in [4.69, 9.17) is 16.5 Å². The van der Waals surface area contributed by atoms with Crippen molar-refractivity contribution in [2.24, 2.45) is 0 Å². The molecule has 0 bridgehead atoms. The number of nitrogen functional groups attached to an aromatic ring is 2. The van der Waals surface area contributed by atoms with Crippen molar-refractivity contribution in [1.29, 1.82) is 0 Å². The summed E-state index contributed by atoms with van der Waals surface area (Å²) in [7, 11) is 0. The van der Waals surface area contributed by atoms with Gasteiger partial charge < -0.3 is 11.5 Å². The molecule has 0 atom stereocenters. The molecular formula is C16H14N6. The van der Waals surface area contributed by atoms with Crippen molar-refractivity contribution in [3.8, 4) is 0 Å². The molecule has 4 N–H and O–H groups in total. The zero-order valence-corrected chi connectivity index (χ0v) is 11.8. The van der Waals surface area contributed by atoms with Gasteiger partial charge in [-0.2, -0.15) is 9.50 Å². The molecule has 0 radical (unpaired) electrons. The first kappa shape index (κ1) is 12.6. The predicted molar refractivity (Wildman–Crippen MR) is 86.4 cm³/mol. The summed E-state index contributed by atoms with van der Waals surface area (Å²) in [5.74, 6) is 1.02.